The molecule has 0 aliphatic rings. The van der Waals surface area contributed by atoms with Gasteiger partial charge in [0.1, 0.15) is 0 Å². The molecule has 1 amide bonds. The standard InChI is InChI=1S/C13H18BrNO3/c1-13(2,3)12(16)15-9-7-11(18-5)10(17-4)6-8(9)14/h6-7H,1-5H3,(H,15,16). The summed E-state index contributed by atoms with van der Waals surface area (Å²) >= 11 is 3.40. The molecule has 0 aliphatic carbocycles. The Balaban J connectivity index is 3.07. The lowest BCUT2D eigenvalue weighted by atomic mass is 9.95. The van der Waals surface area contributed by atoms with Crippen molar-refractivity contribution in [2.45, 2.75) is 20.8 Å². The summed E-state index contributed by atoms with van der Waals surface area (Å²) in [5.74, 6) is 1.12. The average molecular weight is 316 g/mol. The van der Waals surface area contributed by atoms with Crippen molar-refractivity contribution >= 4 is 27.5 Å². The number of amides is 1. The molecule has 0 atom stereocenters. The minimum Gasteiger partial charge on any atom is -0.493 e. The smallest absolute Gasteiger partial charge is 0.229 e. The first-order valence-electron chi connectivity index (χ1n) is 5.52. The summed E-state index contributed by atoms with van der Waals surface area (Å²) in [7, 11) is 3.12. The summed E-state index contributed by atoms with van der Waals surface area (Å²) in [5, 5.41) is 2.85. The van der Waals surface area contributed by atoms with Gasteiger partial charge < -0.3 is 14.8 Å². The van der Waals surface area contributed by atoms with Crippen molar-refractivity contribution in [3.8, 4) is 11.5 Å². The molecule has 0 spiro atoms. The van der Waals surface area contributed by atoms with E-state index in [4.69, 9.17) is 9.47 Å². The molecule has 0 unspecified atom stereocenters. The van der Waals surface area contributed by atoms with Crippen molar-refractivity contribution in [2.75, 3.05) is 19.5 Å². The van der Waals surface area contributed by atoms with E-state index in [0.29, 0.717) is 17.2 Å². The molecule has 0 aromatic heterocycles. The van der Waals surface area contributed by atoms with Crippen LogP contribution in [0.4, 0.5) is 5.69 Å². The lowest BCUT2D eigenvalue weighted by Gasteiger charge is -2.19. The van der Waals surface area contributed by atoms with Crippen LogP contribution in [-0.4, -0.2) is 20.1 Å². The largest absolute Gasteiger partial charge is 0.493 e. The molecule has 0 saturated carbocycles. The highest BCUT2D eigenvalue weighted by Gasteiger charge is 2.22. The quantitative estimate of drug-likeness (QED) is 0.929. The number of carbonyl (C=O) groups excluding carboxylic acids is 1. The van der Waals surface area contributed by atoms with Crippen molar-refractivity contribution in [1.29, 1.82) is 0 Å². The lowest BCUT2D eigenvalue weighted by Crippen LogP contribution is -2.27. The van der Waals surface area contributed by atoms with Gasteiger partial charge >= 0.3 is 0 Å². The van der Waals surface area contributed by atoms with Crippen LogP contribution in [-0.2, 0) is 4.79 Å². The second kappa shape index (κ2) is 5.61. The summed E-state index contributed by atoms with van der Waals surface area (Å²) < 4.78 is 11.1. The van der Waals surface area contributed by atoms with Gasteiger partial charge in [-0.3, -0.25) is 4.79 Å². The van der Waals surface area contributed by atoms with Crippen molar-refractivity contribution in [3.63, 3.8) is 0 Å². The molecule has 0 aliphatic heterocycles. The maximum Gasteiger partial charge on any atom is 0.229 e. The van der Waals surface area contributed by atoms with Gasteiger partial charge in [-0.15, -0.1) is 0 Å². The summed E-state index contributed by atoms with van der Waals surface area (Å²) in [6.07, 6.45) is 0. The molecule has 0 saturated heterocycles. The third-order valence-corrected chi connectivity index (χ3v) is 3.06. The van der Waals surface area contributed by atoms with E-state index >= 15 is 0 Å². The van der Waals surface area contributed by atoms with Crippen molar-refractivity contribution < 1.29 is 14.3 Å². The van der Waals surface area contributed by atoms with E-state index in [-0.39, 0.29) is 5.91 Å². The van der Waals surface area contributed by atoms with E-state index in [1.165, 1.54) is 0 Å². The third-order valence-electron chi connectivity index (χ3n) is 2.40. The van der Waals surface area contributed by atoms with Gasteiger partial charge in [-0.25, -0.2) is 0 Å². The number of hydrogen-bond donors (Lipinski definition) is 1. The molecular weight excluding hydrogens is 298 g/mol. The number of halogens is 1. The Morgan fingerprint density at radius 1 is 1.17 bits per heavy atom. The molecule has 0 fully saturated rings. The zero-order chi connectivity index (χ0) is 13.9. The molecule has 18 heavy (non-hydrogen) atoms. The van der Waals surface area contributed by atoms with Crippen molar-refractivity contribution in [1.82, 2.24) is 0 Å². The number of nitrogens with one attached hydrogen (secondary N) is 1. The normalized spacial score (nSPS) is 11.0. The van der Waals surface area contributed by atoms with Crippen molar-refractivity contribution in [2.24, 2.45) is 5.41 Å². The number of hydrogen-bond acceptors (Lipinski definition) is 3. The predicted molar refractivity (Wildman–Crippen MR) is 75.3 cm³/mol. The van der Waals surface area contributed by atoms with E-state index in [1.807, 2.05) is 20.8 Å². The number of ether oxygens (including phenoxy) is 2. The van der Waals surface area contributed by atoms with E-state index in [1.54, 1.807) is 26.4 Å². The van der Waals surface area contributed by atoms with Crippen LogP contribution in [0.5, 0.6) is 11.5 Å². The third kappa shape index (κ3) is 3.38. The zero-order valence-corrected chi connectivity index (χ0v) is 12.8. The zero-order valence-electron chi connectivity index (χ0n) is 11.3. The summed E-state index contributed by atoms with van der Waals surface area (Å²) in [6, 6.07) is 3.49. The molecular formula is C13H18BrNO3. The number of anilines is 1. The summed E-state index contributed by atoms with van der Waals surface area (Å²) in [5.41, 5.74) is 0.208. The van der Waals surface area contributed by atoms with Gasteiger partial charge in [0.15, 0.2) is 11.5 Å². The predicted octanol–water partition coefficient (Wildman–Crippen LogP) is 3.45. The van der Waals surface area contributed by atoms with Crippen molar-refractivity contribution in [3.05, 3.63) is 16.6 Å². The molecule has 0 bridgehead atoms. The van der Waals surface area contributed by atoms with Gasteiger partial charge in [0, 0.05) is 22.0 Å². The summed E-state index contributed by atoms with van der Waals surface area (Å²) in [4.78, 5) is 11.9. The van der Waals surface area contributed by atoms with Gasteiger partial charge in [-0.1, -0.05) is 20.8 Å². The molecule has 1 rings (SSSR count). The first-order chi connectivity index (χ1) is 8.29. The Labute approximate surface area is 116 Å². The second-order valence-electron chi connectivity index (χ2n) is 4.89. The first kappa shape index (κ1) is 14.8. The van der Waals surface area contributed by atoms with Gasteiger partial charge in [0.2, 0.25) is 5.91 Å². The molecule has 1 aromatic carbocycles. The van der Waals surface area contributed by atoms with E-state index in [9.17, 15) is 4.79 Å². The fraction of sp³-hybridized carbons (Fsp3) is 0.462. The second-order valence-corrected chi connectivity index (χ2v) is 5.75. The highest BCUT2D eigenvalue weighted by molar-refractivity contribution is 9.10. The van der Waals surface area contributed by atoms with E-state index in [0.717, 1.165) is 4.47 Å². The van der Waals surface area contributed by atoms with Crippen LogP contribution in [0.25, 0.3) is 0 Å². The molecule has 0 heterocycles. The maximum atomic E-state index is 11.9. The molecule has 1 N–H and O–H groups in total. The molecule has 100 valence electrons. The monoisotopic (exact) mass is 315 g/mol. The van der Waals surface area contributed by atoms with Crippen LogP contribution < -0.4 is 14.8 Å². The van der Waals surface area contributed by atoms with Crippen LogP contribution in [0, 0.1) is 5.41 Å². The molecule has 4 nitrogen and oxygen atoms in total. The highest BCUT2D eigenvalue weighted by atomic mass is 79.9. The number of rotatable bonds is 3. The minimum absolute atomic E-state index is 0.0598. The van der Waals surface area contributed by atoms with Gasteiger partial charge in [-0.05, 0) is 15.9 Å². The van der Waals surface area contributed by atoms with Gasteiger partial charge in [0.25, 0.3) is 0 Å². The first-order valence-corrected chi connectivity index (χ1v) is 6.32. The molecule has 0 radical (unpaired) electrons. The van der Waals surface area contributed by atoms with Crippen LogP contribution in [0.1, 0.15) is 20.8 Å². The Hall–Kier alpha value is -1.23. The van der Waals surface area contributed by atoms with Gasteiger partial charge in [-0.2, -0.15) is 0 Å². The Kier molecular flexibility index (Phi) is 4.62. The highest BCUT2D eigenvalue weighted by Crippen LogP contribution is 2.36. The Bertz CT molecular complexity index is 452. The van der Waals surface area contributed by atoms with E-state index in [2.05, 4.69) is 21.2 Å². The van der Waals surface area contributed by atoms with Crippen LogP contribution in [0.3, 0.4) is 0 Å². The maximum absolute atomic E-state index is 11.9. The average Bonchev–Trinajstić information content (AvgIpc) is 2.29. The molecule has 1 aromatic rings. The number of carbonyl (C=O) groups is 1. The lowest BCUT2D eigenvalue weighted by molar-refractivity contribution is -0.123. The number of benzene rings is 1. The van der Waals surface area contributed by atoms with Crippen LogP contribution in [0.2, 0.25) is 0 Å². The summed E-state index contributed by atoms with van der Waals surface area (Å²) in [6.45, 7) is 5.57. The fourth-order valence-electron chi connectivity index (χ4n) is 1.26. The number of methoxy groups -OCH3 is 2. The minimum atomic E-state index is -0.452. The SMILES string of the molecule is COc1cc(Br)c(NC(=O)C(C)(C)C)cc1OC. The Morgan fingerprint density at radius 2 is 1.67 bits per heavy atom. The van der Waals surface area contributed by atoms with Crippen LogP contribution >= 0.6 is 15.9 Å². The Morgan fingerprint density at radius 3 is 2.11 bits per heavy atom. The van der Waals surface area contributed by atoms with E-state index < -0.39 is 5.41 Å². The van der Waals surface area contributed by atoms with Gasteiger partial charge in [0.05, 0.1) is 19.9 Å². The van der Waals surface area contributed by atoms with Crippen LogP contribution in [0.15, 0.2) is 16.6 Å². The fourth-order valence-corrected chi connectivity index (χ4v) is 1.68. The topological polar surface area (TPSA) is 47.6 Å². The molecule has 5 heteroatoms.